The number of hydrogen-bond acceptors (Lipinski definition) is 8. The number of halogens is 1. The van der Waals surface area contributed by atoms with E-state index >= 15 is 0 Å². The van der Waals surface area contributed by atoms with E-state index in [0.29, 0.717) is 0 Å². The van der Waals surface area contributed by atoms with Gasteiger partial charge >= 0.3 is 0 Å². The number of aryl methyl sites for hydroxylation is 1. The minimum Gasteiger partial charge on any atom is -0.366 e. The first kappa shape index (κ1) is 22.1. The average molecular weight is 447 g/mol. The monoisotopic (exact) mass is 446 g/mol. The molecule has 0 bridgehead atoms. The van der Waals surface area contributed by atoms with Crippen molar-refractivity contribution >= 4 is 51.1 Å². The number of nitrogens with one attached hydrogen (secondary N) is 2. The summed E-state index contributed by atoms with van der Waals surface area (Å²) in [4.78, 5) is 36.3. The van der Waals surface area contributed by atoms with Crippen LogP contribution in [-0.2, 0) is 9.59 Å². The Morgan fingerprint density at radius 3 is 2.80 bits per heavy atom. The molecular formula is C20H23ClN6O2S. The summed E-state index contributed by atoms with van der Waals surface area (Å²) < 4.78 is 0. The molecule has 30 heavy (non-hydrogen) atoms. The van der Waals surface area contributed by atoms with E-state index in [9.17, 15) is 9.59 Å². The van der Waals surface area contributed by atoms with E-state index < -0.39 is 5.24 Å². The van der Waals surface area contributed by atoms with Gasteiger partial charge in [0, 0.05) is 26.5 Å². The molecule has 2 aromatic rings. The number of aromatic nitrogens is 2. The molecule has 1 aliphatic rings. The van der Waals surface area contributed by atoms with Gasteiger partial charge in [-0.15, -0.1) is 0 Å². The lowest BCUT2D eigenvalue weighted by molar-refractivity contribution is -0.131. The van der Waals surface area contributed by atoms with Crippen molar-refractivity contribution in [1.82, 2.24) is 25.5 Å². The maximum Gasteiger partial charge on any atom is 0.241 e. The number of pyridine rings is 2. The van der Waals surface area contributed by atoms with Gasteiger partial charge in [-0.2, -0.15) is 0 Å². The van der Waals surface area contributed by atoms with Crippen LogP contribution in [-0.4, -0.2) is 58.7 Å². The second kappa shape index (κ2) is 9.92. The third kappa shape index (κ3) is 5.71. The van der Waals surface area contributed by atoms with E-state index in [1.165, 1.54) is 23.7 Å². The predicted molar refractivity (Wildman–Crippen MR) is 120 cm³/mol. The zero-order valence-electron chi connectivity index (χ0n) is 16.9. The number of carbonyl (C=O) groups excluding carboxylic acids is 2. The van der Waals surface area contributed by atoms with Crippen LogP contribution in [0.1, 0.15) is 11.3 Å². The van der Waals surface area contributed by atoms with E-state index in [2.05, 4.69) is 15.6 Å². The van der Waals surface area contributed by atoms with Crippen LogP contribution in [0.3, 0.4) is 0 Å². The first-order valence-corrected chi connectivity index (χ1v) is 10.5. The third-order valence-electron chi connectivity index (χ3n) is 4.41. The Morgan fingerprint density at radius 2 is 2.07 bits per heavy atom. The maximum atomic E-state index is 12.0. The molecule has 158 valence electrons. The number of nitrogens with zero attached hydrogens (tertiary/aromatic N) is 4. The highest BCUT2D eigenvalue weighted by atomic mass is 35.5. The molecule has 8 nitrogen and oxygen atoms in total. The third-order valence-corrected chi connectivity index (χ3v) is 5.65. The molecule has 0 aliphatic carbocycles. The van der Waals surface area contributed by atoms with E-state index in [1.807, 2.05) is 55.4 Å². The smallest absolute Gasteiger partial charge is 0.241 e. The zero-order chi connectivity index (χ0) is 21.7. The Hall–Kier alpha value is -2.62. The van der Waals surface area contributed by atoms with Gasteiger partial charge in [-0.3, -0.25) is 14.9 Å². The summed E-state index contributed by atoms with van der Waals surface area (Å²) in [6.07, 6.45) is 3.65. The van der Waals surface area contributed by atoms with E-state index in [0.717, 1.165) is 27.8 Å². The summed E-state index contributed by atoms with van der Waals surface area (Å²) >= 11 is 6.85. The fourth-order valence-corrected chi connectivity index (χ4v) is 3.85. The number of hydrogen-bond donors (Lipinski definition) is 2. The maximum absolute atomic E-state index is 12.0. The first-order chi connectivity index (χ1) is 14.3. The van der Waals surface area contributed by atoms with E-state index in [4.69, 9.17) is 16.6 Å². The second-order valence-electron chi connectivity index (χ2n) is 6.79. The molecule has 3 rings (SSSR count). The molecule has 0 spiro atoms. The molecule has 1 atom stereocenters. The van der Waals surface area contributed by atoms with Crippen LogP contribution in [0.25, 0.3) is 4.91 Å². The summed E-state index contributed by atoms with van der Waals surface area (Å²) in [6.45, 7) is 2.00. The first-order valence-electron chi connectivity index (χ1n) is 9.26. The molecule has 0 aromatic carbocycles. The lowest BCUT2D eigenvalue weighted by atomic mass is 10.3. The van der Waals surface area contributed by atoms with Crippen molar-refractivity contribution in [2.75, 3.05) is 32.1 Å². The molecule has 0 saturated carbocycles. The molecule has 1 unspecified atom stereocenters. The van der Waals surface area contributed by atoms with Crippen LogP contribution in [0.5, 0.6) is 0 Å². The molecule has 10 heteroatoms. The van der Waals surface area contributed by atoms with E-state index in [1.54, 1.807) is 6.20 Å². The van der Waals surface area contributed by atoms with Crippen LogP contribution in [0.4, 0.5) is 11.6 Å². The zero-order valence-corrected chi connectivity index (χ0v) is 18.5. The minimum absolute atomic E-state index is 0.0850. The number of thioether (sulfide) groups is 1. The SMILES string of the molecule is Cc1ccnc(N(C)c2cccc(C3=CNC(NCC(=O)N(C)CC(=O)Cl)S3)n2)c1. The lowest BCUT2D eigenvalue weighted by Crippen LogP contribution is -2.43. The van der Waals surface area contributed by atoms with E-state index in [-0.39, 0.29) is 24.5 Å². The van der Waals surface area contributed by atoms with Crippen LogP contribution in [0, 0.1) is 6.92 Å². The van der Waals surface area contributed by atoms with Gasteiger partial charge in [0.25, 0.3) is 0 Å². The van der Waals surface area contributed by atoms with Crippen LogP contribution >= 0.6 is 23.4 Å². The van der Waals surface area contributed by atoms with Crippen LogP contribution < -0.4 is 15.5 Å². The van der Waals surface area contributed by atoms with Crippen molar-refractivity contribution < 1.29 is 9.59 Å². The number of amides is 1. The average Bonchev–Trinajstić information content (AvgIpc) is 3.20. The Kier molecular flexibility index (Phi) is 7.30. The second-order valence-corrected chi connectivity index (χ2v) is 8.36. The van der Waals surface area contributed by atoms with Crippen molar-refractivity contribution in [3.8, 4) is 0 Å². The Labute approximate surface area is 184 Å². The number of carbonyl (C=O) groups is 2. The van der Waals surface area contributed by atoms with Crippen LogP contribution in [0.15, 0.2) is 42.7 Å². The molecule has 1 amide bonds. The van der Waals surface area contributed by atoms with Crippen molar-refractivity contribution in [3.63, 3.8) is 0 Å². The van der Waals surface area contributed by atoms with Gasteiger partial charge in [-0.05, 0) is 48.4 Å². The summed E-state index contributed by atoms with van der Waals surface area (Å²) in [5.41, 5.74) is 1.78. The topological polar surface area (TPSA) is 90.5 Å². The quantitative estimate of drug-likeness (QED) is 0.597. The Bertz CT molecular complexity index is 970. The van der Waals surface area contributed by atoms with Gasteiger partial charge in [0.1, 0.15) is 17.1 Å². The summed E-state index contributed by atoms with van der Waals surface area (Å²) in [5, 5.41) is 5.73. The minimum atomic E-state index is -0.569. The van der Waals surface area contributed by atoms with Gasteiger partial charge in [0.15, 0.2) is 0 Å². The molecule has 3 heterocycles. The predicted octanol–water partition coefficient (Wildman–Crippen LogP) is 2.28. The van der Waals surface area contributed by atoms with Gasteiger partial charge in [-0.1, -0.05) is 17.8 Å². The molecule has 2 aromatic heterocycles. The fourth-order valence-electron chi connectivity index (χ4n) is 2.74. The molecule has 0 fully saturated rings. The van der Waals surface area contributed by atoms with Gasteiger partial charge < -0.3 is 15.1 Å². The highest BCUT2D eigenvalue weighted by molar-refractivity contribution is 8.09. The standard InChI is InChI=1S/C20H23ClN6O2S/c1-13-7-8-22-18(9-13)27(3)17-6-4-5-14(25-17)15-10-23-20(30-15)24-11-19(29)26(2)12-16(21)28/h4-10,20,23-24H,11-12H2,1-3H3. The normalized spacial score (nSPS) is 15.3. The van der Waals surface area contributed by atoms with Gasteiger partial charge in [0.2, 0.25) is 11.1 Å². The summed E-state index contributed by atoms with van der Waals surface area (Å²) in [6, 6.07) is 9.79. The van der Waals surface area contributed by atoms with Crippen molar-refractivity contribution in [2.45, 2.75) is 12.4 Å². The number of anilines is 2. The number of likely N-dealkylation sites (N-methyl/N-ethyl adjacent to an activating group) is 1. The Balaban J connectivity index is 1.59. The molecular weight excluding hydrogens is 424 g/mol. The largest absolute Gasteiger partial charge is 0.366 e. The molecule has 0 radical (unpaired) electrons. The van der Waals surface area contributed by atoms with Gasteiger partial charge in [0.05, 0.1) is 23.7 Å². The van der Waals surface area contributed by atoms with Crippen molar-refractivity contribution in [2.24, 2.45) is 0 Å². The highest BCUT2D eigenvalue weighted by Crippen LogP contribution is 2.33. The fraction of sp³-hybridized carbons (Fsp3) is 0.300. The lowest BCUT2D eigenvalue weighted by Gasteiger charge is -2.19. The summed E-state index contributed by atoms with van der Waals surface area (Å²) in [7, 11) is 3.47. The van der Waals surface area contributed by atoms with Crippen LogP contribution in [0.2, 0.25) is 0 Å². The molecule has 2 N–H and O–H groups in total. The Morgan fingerprint density at radius 1 is 1.27 bits per heavy atom. The molecule has 1 aliphatic heterocycles. The number of rotatable bonds is 8. The van der Waals surface area contributed by atoms with Crippen molar-refractivity contribution in [3.05, 3.63) is 54.0 Å². The summed E-state index contributed by atoms with van der Waals surface area (Å²) in [5.74, 6) is 1.39. The highest BCUT2D eigenvalue weighted by Gasteiger charge is 2.21. The van der Waals surface area contributed by atoms with Crippen molar-refractivity contribution in [1.29, 1.82) is 0 Å². The van der Waals surface area contributed by atoms with Gasteiger partial charge in [-0.25, -0.2) is 9.97 Å². The molecule has 0 saturated heterocycles.